The molecule has 196 valence electrons. The Morgan fingerprint density at radius 3 is 2.17 bits per heavy atom. The van der Waals surface area contributed by atoms with Gasteiger partial charge in [-0.3, -0.25) is 15.6 Å². The van der Waals surface area contributed by atoms with E-state index in [2.05, 4.69) is 16.2 Å². The molecule has 0 aliphatic carbocycles. The number of hydrogen-bond donors (Lipinski definition) is 3. The standard InChI is InChI=1S/C22H25F3N4O5S2/c1-33-17-11-14(19(13-18(17)34-2)36(31,32)29-9-3-4-10-29)12-20(30)27-28-21(35)26-16-7-5-15(6-8-16)22(23,24)25/h5-8,11,13H,3-4,9-10,12H2,1-2H3,(H,27,30)(H2,26,28,35). The van der Waals surface area contributed by atoms with E-state index in [9.17, 15) is 26.4 Å². The van der Waals surface area contributed by atoms with E-state index < -0.39 is 27.7 Å². The van der Waals surface area contributed by atoms with E-state index in [1.807, 2.05) is 0 Å². The Kier molecular flexibility index (Phi) is 8.63. The lowest BCUT2D eigenvalue weighted by atomic mass is 10.1. The maximum absolute atomic E-state index is 13.2. The first kappa shape index (κ1) is 27.5. The van der Waals surface area contributed by atoms with Crippen LogP contribution in [0.1, 0.15) is 24.0 Å². The second kappa shape index (κ2) is 11.3. The van der Waals surface area contributed by atoms with Crippen molar-refractivity contribution < 1.29 is 35.9 Å². The van der Waals surface area contributed by atoms with E-state index in [0.29, 0.717) is 13.1 Å². The number of carbonyl (C=O) groups excluding carboxylic acids is 1. The number of nitrogens with zero attached hydrogens (tertiary/aromatic N) is 1. The second-order valence-electron chi connectivity index (χ2n) is 7.81. The summed E-state index contributed by atoms with van der Waals surface area (Å²) in [7, 11) is -1.11. The lowest BCUT2D eigenvalue weighted by molar-refractivity contribution is -0.137. The molecule has 1 amide bonds. The van der Waals surface area contributed by atoms with Crippen LogP contribution in [0.3, 0.4) is 0 Å². The Morgan fingerprint density at radius 2 is 1.61 bits per heavy atom. The first-order valence-electron chi connectivity index (χ1n) is 10.7. The number of sulfonamides is 1. The molecule has 0 atom stereocenters. The minimum Gasteiger partial charge on any atom is -0.493 e. The molecule has 0 spiro atoms. The molecule has 3 N–H and O–H groups in total. The van der Waals surface area contributed by atoms with Gasteiger partial charge in [0.05, 0.1) is 31.1 Å². The summed E-state index contributed by atoms with van der Waals surface area (Å²) in [6.45, 7) is 0.765. The zero-order chi connectivity index (χ0) is 26.5. The summed E-state index contributed by atoms with van der Waals surface area (Å²) >= 11 is 5.06. The monoisotopic (exact) mass is 546 g/mol. The van der Waals surface area contributed by atoms with E-state index >= 15 is 0 Å². The average Bonchev–Trinajstić information content (AvgIpc) is 3.38. The Balaban J connectivity index is 1.70. The van der Waals surface area contributed by atoms with Crippen molar-refractivity contribution in [3.05, 3.63) is 47.5 Å². The number of methoxy groups -OCH3 is 2. The SMILES string of the molecule is COc1cc(CC(=O)NNC(=S)Nc2ccc(C(F)(F)F)cc2)c(S(=O)(=O)N2CCCC2)cc1OC. The van der Waals surface area contributed by atoms with Crippen LogP contribution in [0.25, 0.3) is 0 Å². The molecular weight excluding hydrogens is 521 g/mol. The van der Waals surface area contributed by atoms with Crippen molar-refractivity contribution in [3.63, 3.8) is 0 Å². The first-order chi connectivity index (χ1) is 17.0. The Labute approximate surface area is 212 Å². The smallest absolute Gasteiger partial charge is 0.416 e. The minimum absolute atomic E-state index is 0.0670. The maximum atomic E-state index is 13.2. The van der Waals surface area contributed by atoms with Crippen LogP contribution in [0.5, 0.6) is 11.5 Å². The van der Waals surface area contributed by atoms with Gasteiger partial charge in [0.25, 0.3) is 0 Å². The van der Waals surface area contributed by atoms with Gasteiger partial charge in [-0.05, 0) is 61.0 Å². The Morgan fingerprint density at radius 1 is 1.03 bits per heavy atom. The number of carbonyl (C=O) groups is 1. The van der Waals surface area contributed by atoms with Crippen LogP contribution in [0.4, 0.5) is 18.9 Å². The zero-order valence-corrected chi connectivity index (χ0v) is 21.1. The third kappa shape index (κ3) is 6.56. The first-order valence-corrected chi connectivity index (χ1v) is 12.6. The molecule has 14 heteroatoms. The molecule has 9 nitrogen and oxygen atoms in total. The van der Waals surface area contributed by atoms with Gasteiger partial charge in [0.1, 0.15) is 0 Å². The summed E-state index contributed by atoms with van der Waals surface area (Å²) in [5.74, 6) is -0.149. The van der Waals surface area contributed by atoms with Crippen LogP contribution < -0.4 is 25.6 Å². The van der Waals surface area contributed by atoms with E-state index in [-0.39, 0.29) is 39.2 Å². The van der Waals surface area contributed by atoms with Gasteiger partial charge in [0.15, 0.2) is 16.6 Å². The molecule has 1 saturated heterocycles. The number of thiocarbonyl (C=S) groups is 1. The fraction of sp³-hybridized carbons (Fsp3) is 0.364. The van der Waals surface area contributed by atoms with Crippen LogP contribution in [0, 0.1) is 0 Å². The van der Waals surface area contributed by atoms with Gasteiger partial charge in [0, 0.05) is 24.8 Å². The molecule has 0 bridgehead atoms. The molecule has 1 aliphatic heterocycles. The molecule has 36 heavy (non-hydrogen) atoms. The van der Waals surface area contributed by atoms with E-state index in [1.54, 1.807) is 0 Å². The summed E-state index contributed by atoms with van der Waals surface area (Å²) in [5, 5.41) is 2.56. The Bertz CT molecular complexity index is 1220. The van der Waals surface area contributed by atoms with Crippen LogP contribution in [0.2, 0.25) is 0 Å². The van der Waals surface area contributed by atoms with Crippen LogP contribution in [-0.2, 0) is 27.4 Å². The molecule has 0 radical (unpaired) electrons. The highest BCUT2D eigenvalue weighted by atomic mass is 32.2. The van der Waals surface area contributed by atoms with Crippen molar-refractivity contribution in [1.82, 2.24) is 15.2 Å². The molecule has 1 heterocycles. The molecule has 2 aromatic rings. The number of alkyl halides is 3. The summed E-state index contributed by atoms with van der Waals surface area (Å²) in [6.07, 6.45) is -3.31. The topological polar surface area (TPSA) is 109 Å². The predicted molar refractivity (Wildman–Crippen MR) is 130 cm³/mol. The normalized spacial score (nSPS) is 14.2. The highest BCUT2D eigenvalue weighted by Gasteiger charge is 2.32. The lowest BCUT2D eigenvalue weighted by Gasteiger charge is -2.20. The number of nitrogens with one attached hydrogen (secondary N) is 3. The minimum atomic E-state index is -4.46. The largest absolute Gasteiger partial charge is 0.493 e. The third-order valence-electron chi connectivity index (χ3n) is 5.39. The van der Waals surface area contributed by atoms with Gasteiger partial charge in [-0.25, -0.2) is 8.42 Å². The molecule has 3 rings (SSSR count). The van der Waals surface area contributed by atoms with Crippen molar-refractivity contribution in [2.24, 2.45) is 0 Å². The van der Waals surface area contributed by atoms with Gasteiger partial charge in [0.2, 0.25) is 15.9 Å². The molecular formula is C22H25F3N4O5S2. The second-order valence-corrected chi connectivity index (χ2v) is 10.1. The van der Waals surface area contributed by atoms with Crippen LogP contribution in [-0.4, -0.2) is 51.1 Å². The van der Waals surface area contributed by atoms with Crippen LogP contribution in [0.15, 0.2) is 41.3 Å². The molecule has 0 aromatic heterocycles. The van der Waals surface area contributed by atoms with Crippen molar-refractivity contribution in [3.8, 4) is 11.5 Å². The molecule has 0 saturated carbocycles. The van der Waals surface area contributed by atoms with E-state index in [0.717, 1.165) is 25.0 Å². The van der Waals surface area contributed by atoms with Crippen molar-refractivity contribution in [1.29, 1.82) is 0 Å². The van der Waals surface area contributed by atoms with E-state index in [1.165, 1.54) is 42.8 Å². The van der Waals surface area contributed by atoms with Gasteiger partial charge < -0.3 is 14.8 Å². The predicted octanol–water partition coefficient (Wildman–Crippen LogP) is 3.07. The van der Waals surface area contributed by atoms with Gasteiger partial charge in [-0.15, -0.1) is 0 Å². The number of amides is 1. The number of hydrogen-bond acceptors (Lipinski definition) is 6. The lowest BCUT2D eigenvalue weighted by Crippen LogP contribution is -2.44. The van der Waals surface area contributed by atoms with Gasteiger partial charge in [-0.1, -0.05) is 0 Å². The molecule has 2 aromatic carbocycles. The fourth-order valence-corrected chi connectivity index (χ4v) is 5.50. The highest BCUT2D eigenvalue weighted by Crippen LogP contribution is 2.35. The van der Waals surface area contributed by atoms with Crippen molar-refractivity contribution >= 4 is 38.9 Å². The van der Waals surface area contributed by atoms with E-state index in [4.69, 9.17) is 21.7 Å². The number of halogens is 3. The quantitative estimate of drug-likeness (QED) is 0.359. The molecule has 0 unspecified atom stereocenters. The number of benzene rings is 2. The molecule has 1 aliphatic rings. The maximum Gasteiger partial charge on any atom is 0.416 e. The number of ether oxygens (including phenoxy) is 2. The summed E-state index contributed by atoms with van der Waals surface area (Å²) in [6, 6.07) is 6.93. The number of hydrazine groups is 1. The fourth-order valence-electron chi connectivity index (χ4n) is 3.60. The summed E-state index contributed by atoms with van der Waals surface area (Å²) in [4.78, 5) is 12.5. The highest BCUT2D eigenvalue weighted by molar-refractivity contribution is 7.89. The third-order valence-corrected chi connectivity index (χ3v) is 7.57. The summed E-state index contributed by atoms with van der Waals surface area (Å²) in [5.41, 5.74) is 4.45. The van der Waals surface area contributed by atoms with Gasteiger partial charge >= 0.3 is 6.18 Å². The number of anilines is 1. The van der Waals surface area contributed by atoms with Crippen LogP contribution >= 0.6 is 12.2 Å². The zero-order valence-electron chi connectivity index (χ0n) is 19.4. The Hall–Kier alpha value is -3.10. The average molecular weight is 547 g/mol. The molecule has 1 fully saturated rings. The van der Waals surface area contributed by atoms with Crippen molar-refractivity contribution in [2.45, 2.75) is 30.3 Å². The number of rotatable bonds is 7. The van der Waals surface area contributed by atoms with Gasteiger partial charge in [-0.2, -0.15) is 17.5 Å². The van der Waals surface area contributed by atoms with Crippen molar-refractivity contribution in [2.75, 3.05) is 32.6 Å². The summed E-state index contributed by atoms with van der Waals surface area (Å²) < 4.78 is 76.4.